The minimum Gasteiger partial charge on any atom is -0.493 e. The number of hydrogen-bond donors (Lipinski definition) is 1. The molecule has 0 radical (unpaired) electrons. The maximum Gasteiger partial charge on any atom is 0.260 e. The van der Waals surface area contributed by atoms with Crippen molar-refractivity contribution in [2.45, 2.75) is 64.6 Å². The van der Waals surface area contributed by atoms with Gasteiger partial charge in [0.05, 0.1) is 54.9 Å². The Bertz CT molecular complexity index is 2260. The van der Waals surface area contributed by atoms with Crippen molar-refractivity contribution in [2.24, 2.45) is 15.7 Å². The number of carbonyl (C=O) groups is 2. The average Bonchev–Trinajstić information content (AvgIpc) is 3.78. The van der Waals surface area contributed by atoms with E-state index in [9.17, 15) is 9.59 Å². The number of methoxy groups -OCH3 is 1. The van der Waals surface area contributed by atoms with Gasteiger partial charge in [-0.1, -0.05) is 54.1 Å². The molecule has 4 aliphatic heterocycles. The van der Waals surface area contributed by atoms with E-state index in [-0.39, 0.29) is 23.9 Å². The van der Waals surface area contributed by atoms with E-state index in [4.69, 9.17) is 29.9 Å². The van der Waals surface area contributed by atoms with Gasteiger partial charge >= 0.3 is 0 Å². The van der Waals surface area contributed by atoms with Crippen LogP contribution in [0, 0.1) is 13.8 Å². The van der Waals surface area contributed by atoms with Gasteiger partial charge in [0.15, 0.2) is 11.5 Å². The van der Waals surface area contributed by atoms with Crippen LogP contribution in [0.4, 0.5) is 11.4 Å². The number of nitrogens with two attached hydrogens (primary N) is 1. The molecular formula is C45H45N5O5. The quantitative estimate of drug-likeness (QED) is 0.146. The van der Waals surface area contributed by atoms with E-state index in [0.717, 1.165) is 64.8 Å². The Morgan fingerprint density at radius 2 is 1.20 bits per heavy atom. The first-order valence-electron chi connectivity index (χ1n) is 18.9. The summed E-state index contributed by atoms with van der Waals surface area (Å²) in [5, 5.41) is 0. The monoisotopic (exact) mass is 735 g/mol. The van der Waals surface area contributed by atoms with E-state index in [1.165, 1.54) is 5.56 Å². The molecule has 0 saturated heterocycles. The number of benzene rings is 4. The van der Waals surface area contributed by atoms with E-state index in [0.29, 0.717) is 60.2 Å². The van der Waals surface area contributed by atoms with Crippen LogP contribution in [-0.2, 0) is 6.54 Å². The number of unbranched alkanes of at least 4 members (excludes halogenated alkanes) is 2. The van der Waals surface area contributed by atoms with Crippen molar-refractivity contribution < 1.29 is 23.8 Å². The Labute approximate surface area is 321 Å². The summed E-state index contributed by atoms with van der Waals surface area (Å²) in [4.78, 5) is 40.4. The molecular weight excluding hydrogens is 691 g/mol. The van der Waals surface area contributed by atoms with Crippen LogP contribution in [0.15, 0.2) is 95.2 Å². The summed E-state index contributed by atoms with van der Waals surface area (Å²) in [6, 6.07) is 23.6. The second-order valence-corrected chi connectivity index (χ2v) is 14.5. The first-order valence-corrected chi connectivity index (χ1v) is 18.9. The van der Waals surface area contributed by atoms with Gasteiger partial charge < -0.3 is 29.7 Å². The van der Waals surface area contributed by atoms with Crippen molar-refractivity contribution in [3.8, 4) is 17.2 Å². The third kappa shape index (κ3) is 7.29. The second-order valence-electron chi connectivity index (χ2n) is 14.5. The number of carbonyl (C=O) groups excluding carboxylic acids is 2. The van der Waals surface area contributed by atoms with E-state index in [1.807, 2.05) is 68.2 Å². The Balaban J connectivity index is 0.838. The number of ether oxygens (including phenoxy) is 3. The molecule has 0 saturated carbocycles. The molecule has 10 heteroatoms. The SMILES string of the molecule is COc1cc2c(cc1OCCCCCOc1cc3c(cc1C)C(=O)N1C=C(c4ccc(C)cc4)C[C@H]1C=N3)N=C[C@@H]1CC(c3ccc(CN)cc3)=CN1C2=O. The average molecular weight is 736 g/mol. The van der Waals surface area contributed by atoms with Crippen LogP contribution in [0.5, 0.6) is 17.2 Å². The standard InChI is InChI=1S/C45H45N5O5/c1-28-7-11-31(12-8-28)33-18-35-24-47-39-21-41(29(2)17-37(39)44(51)49(35)26-33)54-15-5-4-6-16-55-43-22-40-38(20-42(43)53-3)45(52)50-27-34(19-36(50)25-48-40)32-13-9-30(23-46)10-14-32/h7-14,17,20-22,24-27,35-36H,4-6,15-16,18-19,23,46H2,1-3H3/t35-,36-/m0/s1. The largest absolute Gasteiger partial charge is 0.493 e. The van der Waals surface area contributed by atoms with Gasteiger partial charge in [-0.05, 0) is 78.6 Å². The van der Waals surface area contributed by atoms with Gasteiger partial charge in [0, 0.05) is 56.3 Å². The molecule has 2 N–H and O–H groups in total. The number of aliphatic imine (C=N–C) groups is 2. The van der Waals surface area contributed by atoms with Crippen LogP contribution >= 0.6 is 0 Å². The number of aryl methyl sites for hydroxylation is 2. The van der Waals surface area contributed by atoms with Crippen molar-refractivity contribution in [3.63, 3.8) is 0 Å². The number of fused-ring (bicyclic) bond motifs is 4. The van der Waals surface area contributed by atoms with Crippen molar-refractivity contribution >= 4 is 46.8 Å². The molecule has 8 rings (SSSR count). The highest BCUT2D eigenvalue weighted by Crippen LogP contribution is 2.40. The third-order valence-electron chi connectivity index (χ3n) is 10.7. The molecule has 10 nitrogen and oxygen atoms in total. The Morgan fingerprint density at radius 1 is 0.673 bits per heavy atom. The molecule has 4 aliphatic rings. The van der Waals surface area contributed by atoms with Crippen molar-refractivity contribution in [1.82, 2.24) is 9.80 Å². The predicted molar refractivity (Wildman–Crippen MR) is 216 cm³/mol. The van der Waals surface area contributed by atoms with E-state index < -0.39 is 0 Å². The summed E-state index contributed by atoms with van der Waals surface area (Å²) in [6.45, 7) is 5.53. The molecule has 280 valence electrons. The summed E-state index contributed by atoms with van der Waals surface area (Å²) in [5.74, 6) is 1.61. The van der Waals surface area contributed by atoms with Crippen molar-refractivity contribution in [2.75, 3.05) is 20.3 Å². The zero-order chi connectivity index (χ0) is 38.1. The van der Waals surface area contributed by atoms with E-state index in [2.05, 4.69) is 31.2 Å². The van der Waals surface area contributed by atoms with Gasteiger partial charge in [-0.2, -0.15) is 0 Å². The fourth-order valence-corrected chi connectivity index (χ4v) is 7.52. The highest BCUT2D eigenvalue weighted by molar-refractivity contribution is 6.06. The highest BCUT2D eigenvalue weighted by atomic mass is 16.5. The summed E-state index contributed by atoms with van der Waals surface area (Å²) in [6.07, 6.45) is 11.6. The zero-order valence-electron chi connectivity index (χ0n) is 31.5. The second kappa shape index (κ2) is 15.4. The van der Waals surface area contributed by atoms with Gasteiger partial charge in [-0.3, -0.25) is 19.6 Å². The van der Waals surface area contributed by atoms with Crippen molar-refractivity contribution in [1.29, 1.82) is 0 Å². The lowest BCUT2D eigenvalue weighted by molar-refractivity contribution is 0.0809. The van der Waals surface area contributed by atoms with Crippen LogP contribution in [-0.4, -0.2) is 66.5 Å². The minimum absolute atomic E-state index is 0.0455. The maximum atomic E-state index is 13.7. The lowest BCUT2D eigenvalue weighted by atomic mass is 10.0. The maximum absolute atomic E-state index is 13.7. The molecule has 0 aromatic heterocycles. The first kappa shape index (κ1) is 36.0. The fourth-order valence-electron chi connectivity index (χ4n) is 7.52. The molecule has 4 aromatic rings. The molecule has 4 aromatic carbocycles. The Kier molecular flexibility index (Phi) is 10.1. The lowest BCUT2D eigenvalue weighted by Crippen LogP contribution is -2.32. The van der Waals surface area contributed by atoms with Crippen LogP contribution in [0.1, 0.15) is 80.6 Å². The molecule has 2 amide bonds. The molecule has 4 heterocycles. The topological polar surface area (TPSA) is 119 Å². The highest BCUT2D eigenvalue weighted by Gasteiger charge is 2.34. The fraction of sp³-hybridized carbons (Fsp3) is 0.289. The molecule has 0 fully saturated rings. The summed E-state index contributed by atoms with van der Waals surface area (Å²) in [5.41, 5.74) is 15.6. The van der Waals surface area contributed by atoms with E-state index in [1.54, 1.807) is 29.0 Å². The van der Waals surface area contributed by atoms with Gasteiger partial charge in [0.1, 0.15) is 5.75 Å². The van der Waals surface area contributed by atoms with Gasteiger partial charge in [0.25, 0.3) is 11.8 Å². The molecule has 0 bridgehead atoms. The molecule has 55 heavy (non-hydrogen) atoms. The third-order valence-corrected chi connectivity index (χ3v) is 10.7. The predicted octanol–water partition coefficient (Wildman–Crippen LogP) is 8.34. The smallest absolute Gasteiger partial charge is 0.260 e. The Hall–Kier alpha value is -6.00. The van der Waals surface area contributed by atoms with Gasteiger partial charge in [0.2, 0.25) is 0 Å². The molecule has 0 unspecified atom stereocenters. The summed E-state index contributed by atoms with van der Waals surface area (Å²) in [7, 11) is 1.58. The van der Waals surface area contributed by atoms with Crippen LogP contribution in [0.2, 0.25) is 0 Å². The molecule has 0 aliphatic carbocycles. The molecule has 2 atom stereocenters. The van der Waals surface area contributed by atoms with Crippen LogP contribution in [0.3, 0.4) is 0 Å². The van der Waals surface area contributed by atoms with Crippen LogP contribution < -0.4 is 19.9 Å². The summed E-state index contributed by atoms with van der Waals surface area (Å²) >= 11 is 0. The number of nitrogens with zero attached hydrogens (tertiary/aromatic N) is 4. The number of hydrogen-bond acceptors (Lipinski definition) is 8. The van der Waals surface area contributed by atoms with Crippen molar-refractivity contribution in [3.05, 3.63) is 124 Å². The Morgan fingerprint density at radius 3 is 1.76 bits per heavy atom. The number of rotatable bonds is 12. The van der Waals surface area contributed by atoms with Crippen LogP contribution in [0.25, 0.3) is 11.1 Å². The minimum atomic E-state index is -0.167. The van der Waals surface area contributed by atoms with E-state index >= 15 is 0 Å². The first-order chi connectivity index (χ1) is 26.8. The van der Waals surface area contributed by atoms with Gasteiger partial charge in [-0.25, -0.2) is 0 Å². The molecule has 0 spiro atoms. The number of amides is 2. The van der Waals surface area contributed by atoms with Gasteiger partial charge in [-0.15, -0.1) is 0 Å². The lowest BCUT2D eigenvalue weighted by Gasteiger charge is -2.19. The zero-order valence-corrected chi connectivity index (χ0v) is 31.5. The normalized spacial score (nSPS) is 18.2. The summed E-state index contributed by atoms with van der Waals surface area (Å²) < 4.78 is 18.0.